The topological polar surface area (TPSA) is 112 Å². The second-order valence-electron chi connectivity index (χ2n) is 7.78. The van der Waals surface area contributed by atoms with Gasteiger partial charge in [-0.25, -0.2) is 13.2 Å². The molecule has 1 aromatic carbocycles. The van der Waals surface area contributed by atoms with Crippen molar-refractivity contribution in [2.24, 2.45) is 11.8 Å². The number of nitrogens with zero attached hydrogens (tertiary/aromatic N) is 1. The first kappa shape index (κ1) is 26.8. The van der Waals surface area contributed by atoms with Gasteiger partial charge in [0.25, 0.3) is 0 Å². The van der Waals surface area contributed by atoms with Gasteiger partial charge in [0.15, 0.2) is 0 Å². The molecule has 1 aliphatic heterocycles. The number of esters is 1. The van der Waals surface area contributed by atoms with Crippen LogP contribution in [0, 0.1) is 11.8 Å². The number of hydrogen-bond donors (Lipinski definition) is 1. The molecule has 1 aromatic rings. The van der Waals surface area contributed by atoms with E-state index in [-0.39, 0.29) is 55.4 Å². The monoisotopic (exact) mass is 483 g/mol. The molecule has 0 spiro atoms. The summed E-state index contributed by atoms with van der Waals surface area (Å²) in [5, 5.41) is 9.38. The van der Waals surface area contributed by atoms with Crippen molar-refractivity contribution < 1.29 is 37.3 Å². The summed E-state index contributed by atoms with van der Waals surface area (Å²) in [6, 6.07) is 6.01. The van der Waals surface area contributed by atoms with Gasteiger partial charge in [-0.2, -0.15) is 4.31 Å². The number of carbonyl (C=O) groups is 1. The van der Waals surface area contributed by atoms with E-state index in [1.807, 2.05) is 13.8 Å². The second kappa shape index (κ2) is 12.7. The quantitative estimate of drug-likeness (QED) is 0.336. The summed E-state index contributed by atoms with van der Waals surface area (Å²) >= 11 is 0. The Kier molecular flexibility index (Phi) is 10.4. The highest BCUT2D eigenvalue weighted by molar-refractivity contribution is 7.89. The van der Waals surface area contributed by atoms with E-state index in [0.29, 0.717) is 12.2 Å². The SMILES string of the molecule is C=CCOC(=O)C1=C[C@@H](C(C)C)C[C@@H](OCCN(CCO)S(=O)(=O)c2ccc(OC)cc2)O1. The van der Waals surface area contributed by atoms with Crippen molar-refractivity contribution in [2.45, 2.75) is 31.5 Å². The molecule has 0 bridgehead atoms. The minimum atomic E-state index is -3.85. The first-order valence-corrected chi connectivity index (χ1v) is 12.2. The van der Waals surface area contributed by atoms with Gasteiger partial charge in [-0.3, -0.25) is 0 Å². The number of benzene rings is 1. The molecule has 0 saturated heterocycles. The Bertz CT molecular complexity index is 911. The van der Waals surface area contributed by atoms with Crippen molar-refractivity contribution in [2.75, 3.05) is 40.0 Å². The minimum Gasteiger partial charge on any atom is -0.497 e. The van der Waals surface area contributed by atoms with Crippen LogP contribution < -0.4 is 4.74 Å². The van der Waals surface area contributed by atoms with Gasteiger partial charge in [-0.1, -0.05) is 26.5 Å². The third-order valence-corrected chi connectivity index (χ3v) is 7.08. The average molecular weight is 484 g/mol. The van der Waals surface area contributed by atoms with Crippen LogP contribution in [0.1, 0.15) is 20.3 Å². The predicted molar refractivity (Wildman–Crippen MR) is 122 cm³/mol. The number of aliphatic hydroxyl groups is 1. The van der Waals surface area contributed by atoms with Crippen molar-refractivity contribution in [3.63, 3.8) is 0 Å². The molecule has 0 radical (unpaired) electrons. The predicted octanol–water partition coefficient (Wildman–Crippen LogP) is 2.33. The van der Waals surface area contributed by atoms with Gasteiger partial charge >= 0.3 is 5.97 Å². The van der Waals surface area contributed by atoms with Gasteiger partial charge in [0.1, 0.15) is 12.4 Å². The molecule has 184 valence electrons. The van der Waals surface area contributed by atoms with Crippen LogP contribution in [0.15, 0.2) is 53.7 Å². The number of ether oxygens (including phenoxy) is 4. The largest absolute Gasteiger partial charge is 0.497 e. The molecule has 0 unspecified atom stereocenters. The van der Waals surface area contributed by atoms with Crippen LogP contribution in [0.5, 0.6) is 5.75 Å². The van der Waals surface area contributed by atoms with Crippen LogP contribution in [0.4, 0.5) is 0 Å². The van der Waals surface area contributed by atoms with Crippen LogP contribution in [-0.4, -0.2) is 70.1 Å². The highest BCUT2D eigenvalue weighted by atomic mass is 32.2. The fraction of sp³-hybridized carbons (Fsp3) is 0.522. The van der Waals surface area contributed by atoms with Gasteiger partial charge in [-0.15, -0.1) is 0 Å². The second-order valence-corrected chi connectivity index (χ2v) is 9.72. The molecular formula is C23H33NO8S. The Balaban J connectivity index is 2.04. The first-order valence-electron chi connectivity index (χ1n) is 10.8. The third-order valence-electron chi connectivity index (χ3n) is 5.17. The number of sulfonamides is 1. The van der Waals surface area contributed by atoms with Gasteiger partial charge in [-0.05, 0) is 42.2 Å². The Morgan fingerprint density at radius 2 is 2.00 bits per heavy atom. The molecule has 0 amide bonds. The van der Waals surface area contributed by atoms with Gasteiger partial charge in [0, 0.05) is 19.5 Å². The van der Waals surface area contributed by atoms with E-state index in [1.54, 1.807) is 18.2 Å². The fourth-order valence-corrected chi connectivity index (χ4v) is 4.66. The standard InChI is InChI=1S/C23H33NO8S/c1-5-13-31-23(26)21-15-18(17(2)3)16-22(32-21)30-14-11-24(10-12-25)33(27,28)20-8-6-19(29-4)7-9-20/h5-9,15,17-18,22,25H,1,10-14,16H2,2-4H3/t18-,22+/m1/s1. The summed E-state index contributed by atoms with van der Waals surface area (Å²) in [5.41, 5.74) is 0. The lowest BCUT2D eigenvalue weighted by Gasteiger charge is -2.31. The normalized spacial score (nSPS) is 18.5. The number of aliphatic hydroxyl groups excluding tert-OH is 1. The third kappa shape index (κ3) is 7.56. The van der Waals surface area contributed by atoms with E-state index in [0.717, 1.165) is 4.31 Å². The number of rotatable bonds is 13. The van der Waals surface area contributed by atoms with Crippen LogP contribution in [-0.2, 0) is 29.0 Å². The van der Waals surface area contributed by atoms with E-state index >= 15 is 0 Å². The number of allylic oxidation sites excluding steroid dienone is 1. The number of hydrogen-bond acceptors (Lipinski definition) is 8. The fourth-order valence-electron chi connectivity index (χ4n) is 3.25. The van der Waals surface area contributed by atoms with E-state index < -0.39 is 22.3 Å². The van der Waals surface area contributed by atoms with Crippen LogP contribution in [0.3, 0.4) is 0 Å². The van der Waals surface area contributed by atoms with Gasteiger partial charge < -0.3 is 24.1 Å². The molecule has 10 heteroatoms. The summed E-state index contributed by atoms with van der Waals surface area (Å²) < 4.78 is 48.7. The van der Waals surface area contributed by atoms with Crippen molar-refractivity contribution in [1.82, 2.24) is 4.31 Å². The van der Waals surface area contributed by atoms with E-state index in [2.05, 4.69) is 6.58 Å². The van der Waals surface area contributed by atoms with Crippen LogP contribution >= 0.6 is 0 Å². The highest BCUT2D eigenvalue weighted by Crippen LogP contribution is 2.29. The van der Waals surface area contributed by atoms with Crippen molar-refractivity contribution in [3.05, 3.63) is 48.8 Å². The molecule has 0 saturated carbocycles. The number of carbonyl (C=O) groups excluding carboxylic acids is 1. The Morgan fingerprint density at radius 3 is 2.58 bits per heavy atom. The van der Waals surface area contributed by atoms with Crippen LogP contribution in [0.2, 0.25) is 0 Å². The lowest BCUT2D eigenvalue weighted by atomic mass is 9.90. The molecule has 33 heavy (non-hydrogen) atoms. The lowest BCUT2D eigenvalue weighted by Crippen LogP contribution is -2.38. The van der Waals surface area contributed by atoms with Gasteiger partial charge in [0.05, 0.1) is 25.2 Å². The maximum absolute atomic E-state index is 13.0. The van der Waals surface area contributed by atoms with Gasteiger partial charge in [0.2, 0.25) is 22.1 Å². The summed E-state index contributed by atoms with van der Waals surface area (Å²) in [6.07, 6.45) is 2.99. The molecule has 9 nitrogen and oxygen atoms in total. The molecule has 1 N–H and O–H groups in total. The molecular weight excluding hydrogens is 450 g/mol. The first-order chi connectivity index (χ1) is 15.7. The van der Waals surface area contributed by atoms with E-state index in [9.17, 15) is 18.3 Å². The van der Waals surface area contributed by atoms with Crippen molar-refractivity contribution >= 4 is 16.0 Å². The minimum absolute atomic E-state index is 0.00108. The number of methoxy groups -OCH3 is 1. The summed E-state index contributed by atoms with van der Waals surface area (Å²) in [4.78, 5) is 12.3. The Labute approximate surface area is 195 Å². The molecule has 0 fully saturated rings. The smallest absolute Gasteiger partial charge is 0.373 e. The molecule has 1 heterocycles. The van der Waals surface area contributed by atoms with E-state index in [1.165, 1.54) is 25.3 Å². The Morgan fingerprint density at radius 1 is 1.30 bits per heavy atom. The van der Waals surface area contributed by atoms with Crippen molar-refractivity contribution in [1.29, 1.82) is 0 Å². The van der Waals surface area contributed by atoms with Crippen LogP contribution in [0.25, 0.3) is 0 Å². The maximum atomic E-state index is 13.0. The zero-order valence-corrected chi connectivity index (χ0v) is 20.1. The highest BCUT2D eigenvalue weighted by Gasteiger charge is 2.31. The molecule has 0 aliphatic carbocycles. The zero-order chi connectivity index (χ0) is 24.4. The molecule has 0 aromatic heterocycles. The van der Waals surface area contributed by atoms with Crippen molar-refractivity contribution in [3.8, 4) is 5.75 Å². The zero-order valence-electron chi connectivity index (χ0n) is 19.3. The Hall–Kier alpha value is -2.40. The summed E-state index contributed by atoms with van der Waals surface area (Å²) in [5.74, 6) is 0.286. The maximum Gasteiger partial charge on any atom is 0.373 e. The average Bonchev–Trinajstić information content (AvgIpc) is 2.81. The molecule has 2 rings (SSSR count). The molecule has 1 aliphatic rings. The lowest BCUT2D eigenvalue weighted by molar-refractivity contribution is -0.163. The van der Waals surface area contributed by atoms with E-state index in [4.69, 9.17) is 18.9 Å². The molecule has 2 atom stereocenters. The summed E-state index contributed by atoms with van der Waals surface area (Å²) in [6.45, 7) is 7.23. The summed E-state index contributed by atoms with van der Waals surface area (Å²) in [7, 11) is -2.35.